The Morgan fingerprint density at radius 1 is 0.829 bits per heavy atom. The molecule has 0 fully saturated rings. The lowest BCUT2D eigenvalue weighted by Gasteiger charge is -2.17. The second kappa shape index (κ2) is 12.3. The molecule has 8 nitrogen and oxygen atoms in total. The minimum Gasteiger partial charge on any atom is -0.497 e. The molecule has 0 bridgehead atoms. The van der Waals surface area contributed by atoms with Crippen molar-refractivity contribution in [3.63, 3.8) is 0 Å². The fourth-order valence-corrected chi connectivity index (χ4v) is 3.41. The normalized spacial score (nSPS) is 11.2. The SMILES string of the molecule is COc1cccc(O[C@@H](C)C(=O)Nc2ccccc2C(=O)NCCc2ccc(OC)c(OC)c2)c1. The third-order valence-corrected chi connectivity index (χ3v) is 5.30. The van der Waals surface area contributed by atoms with Gasteiger partial charge in [0.2, 0.25) is 0 Å². The van der Waals surface area contributed by atoms with E-state index in [9.17, 15) is 9.59 Å². The molecule has 1 atom stereocenters. The van der Waals surface area contributed by atoms with Crippen molar-refractivity contribution in [1.29, 1.82) is 0 Å². The largest absolute Gasteiger partial charge is 0.497 e. The number of carbonyl (C=O) groups is 2. The number of methoxy groups -OCH3 is 3. The van der Waals surface area contributed by atoms with E-state index >= 15 is 0 Å². The number of anilines is 1. The van der Waals surface area contributed by atoms with Gasteiger partial charge in [-0.05, 0) is 55.3 Å². The van der Waals surface area contributed by atoms with Crippen molar-refractivity contribution in [2.24, 2.45) is 0 Å². The smallest absolute Gasteiger partial charge is 0.265 e. The van der Waals surface area contributed by atoms with Crippen molar-refractivity contribution in [2.75, 3.05) is 33.2 Å². The van der Waals surface area contributed by atoms with Crippen LogP contribution in [0.3, 0.4) is 0 Å². The van der Waals surface area contributed by atoms with Gasteiger partial charge in [-0.1, -0.05) is 24.3 Å². The summed E-state index contributed by atoms with van der Waals surface area (Å²) in [5, 5.41) is 5.69. The highest BCUT2D eigenvalue weighted by Gasteiger charge is 2.18. The van der Waals surface area contributed by atoms with Crippen LogP contribution >= 0.6 is 0 Å². The standard InChI is InChI=1S/C27H30N2O6/c1-18(35-21-9-7-8-20(17-21)32-2)26(30)29-23-11-6-5-10-22(23)27(31)28-15-14-19-12-13-24(33-3)25(16-19)34-4/h5-13,16-18H,14-15H2,1-4H3,(H,28,31)(H,29,30)/t18-/m0/s1. The number of para-hydroxylation sites is 1. The van der Waals surface area contributed by atoms with E-state index in [1.807, 2.05) is 18.2 Å². The maximum absolute atomic E-state index is 12.8. The molecular formula is C27H30N2O6. The van der Waals surface area contributed by atoms with Gasteiger partial charge in [-0.3, -0.25) is 9.59 Å². The second-order valence-electron chi connectivity index (χ2n) is 7.67. The Labute approximate surface area is 205 Å². The summed E-state index contributed by atoms with van der Waals surface area (Å²) in [4.78, 5) is 25.6. The van der Waals surface area contributed by atoms with E-state index < -0.39 is 6.10 Å². The van der Waals surface area contributed by atoms with Gasteiger partial charge in [0.25, 0.3) is 11.8 Å². The Morgan fingerprint density at radius 2 is 1.57 bits per heavy atom. The van der Waals surface area contributed by atoms with Crippen molar-refractivity contribution in [1.82, 2.24) is 5.32 Å². The summed E-state index contributed by atoms with van der Waals surface area (Å²) in [7, 11) is 4.72. The van der Waals surface area contributed by atoms with Gasteiger partial charge in [-0.2, -0.15) is 0 Å². The number of hydrogen-bond acceptors (Lipinski definition) is 6. The Balaban J connectivity index is 1.59. The van der Waals surface area contributed by atoms with Crippen molar-refractivity contribution in [3.05, 3.63) is 77.9 Å². The molecule has 35 heavy (non-hydrogen) atoms. The molecule has 3 rings (SSSR count). The summed E-state index contributed by atoms with van der Waals surface area (Å²) in [6.07, 6.45) is -0.185. The van der Waals surface area contributed by atoms with Gasteiger partial charge in [-0.25, -0.2) is 0 Å². The molecule has 0 saturated carbocycles. The lowest BCUT2D eigenvalue weighted by atomic mass is 10.1. The Bertz CT molecular complexity index is 1160. The van der Waals surface area contributed by atoms with Crippen LogP contribution in [0, 0.1) is 0 Å². The van der Waals surface area contributed by atoms with E-state index in [1.165, 1.54) is 0 Å². The van der Waals surface area contributed by atoms with Crippen LogP contribution in [0.15, 0.2) is 66.7 Å². The van der Waals surface area contributed by atoms with E-state index in [2.05, 4.69) is 10.6 Å². The van der Waals surface area contributed by atoms with Crippen molar-refractivity contribution in [2.45, 2.75) is 19.4 Å². The van der Waals surface area contributed by atoms with Gasteiger partial charge >= 0.3 is 0 Å². The van der Waals surface area contributed by atoms with E-state index in [1.54, 1.807) is 76.8 Å². The highest BCUT2D eigenvalue weighted by atomic mass is 16.5. The van der Waals surface area contributed by atoms with Gasteiger partial charge in [0.05, 0.1) is 32.6 Å². The van der Waals surface area contributed by atoms with Crippen LogP contribution in [0.5, 0.6) is 23.0 Å². The summed E-state index contributed by atoms with van der Waals surface area (Å²) >= 11 is 0. The summed E-state index contributed by atoms with van der Waals surface area (Å²) in [5.41, 5.74) is 1.76. The predicted molar refractivity (Wildman–Crippen MR) is 134 cm³/mol. The average molecular weight is 479 g/mol. The van der Waals surface area contributed by atoms with Crippen LogP contribution in [0.1, 0.15) is 22.8 Å². The van der Waals surface area contributed by atoms with Gasteiger partial charge in [-0.15, -0.1) is 0 Å². The molecule has 0 aromatic heterocycles. The highest BCUT2D eigenvalue weighted by Crippen LogP contribution is 2.27. The fourth-order valence-electron chi connectivity index (χ4n) is 3.41. The first-order chi connectivity index (χ1) is 16.9. The van der Waals surface area contributed by atoms with Gasteiger partial charge in [0.1, 0.15) is 11.5 Å². The van der Waals surface area contributed by atoms with E-state index in [-0.39, 0.29) is 11.8 Å². The second-order valence-corrected chi connectivity index (χ2v) is 7.67. The number of benzene rings is 3. The number of rotatable bonds is 11. The third kappa shape index (κ3) is 6.89. The van der Waals surface area contributed by atoms with Crippen LogP contribution in [0.2, 0.25) is 0 Å². The molecule has 0 saturated heterocycles. The summed E-state index contributed by atoms with van der Waals surface area (Å²) in [6.45, 7) is 2.05. The molecule has 0 radical (unpaired) electrons. The number of carbonyl (C=O) groups excluding carboxylic acids is 2. The van der Waals surface area contributed by atoms with Crippen LogP contribution in [0.25, 0.3) is 0 Å². The number of hydrogen-bond donors (Lipinski definition) is 2. The first-order valence-electron chi connectivity index (χ1n) is 11.1. The van der Waals surface area contributed by atoms with Crippen LogP contribution < -0.4 is 29.6 Å². The van der Waals surface area contributed by atoms with Crippen LogP contribution in [-0.2, 0) is 11.2 Å². The molecule has 8 heteroatoms. The molecule has 0 aliphatic rings. The van der Waals surface area contributed by atoms with Crippen molar-refractivity contribution >= 4 is 17.5 Å². The van der Waals surface area contributed by atoms with E-state index in [0.717, 1.165) is 5.56 Å². The van der Waals surface area contributed by atoms with Crippen molar-refractivity contribution < 1.29 is 28.5 Å². The molecule has 0 unspecified atom stereocenters. The zero-order chi connectivity index (χ0) is 25.2. The summed E-state index contributed by atoms with van der Waals surface area (Å²) in [6, 6.07) is 19.5. The Hall–Kier alpha value is -4.20. The number of ether oxygens (including phenoxy) is 4. The minimum absolute atomic E-state index is 0.289. The Kier molecular flexibility index (Phi) is 8.95. The van der Waals surface area contributed by atoms with Gasteiger partial charge in [0, 0.05) is 12.6 Å². The fraction of sp³-hybridized carbons (Fsp3) is 0.259. The molecule has 0 aliphatic carbocycles. The summed E-state index contributed by atoms with van der Waals surface area (Å²) < 4.78 is 21.5. The monoisotopic (exact) mass is 478 g/mol. The Morgan fingerprint density at radius 3 is 2.31 bits per heavy atom. The first-order valence-corrected chi connectivity index (χ1v) is 11.1. The van der Waals surface area contributed by atoms with Gasteiger partial charge < -0.3 is 29.6 Å². The maximum Gasteiger partial charge on any atom is 0.265 e. The molecule has 3 aromatic rings. The predicted octanol–water partition coefficient (Wildman–Crippen LogP) is 4.09. The lowest BCUT2D eigenvalue weighted by Crippen LogP contribution is -2.32. The molecule has 2 N–H and O–H groups in total. The zero-order valence-corrected chi connectivity index (χ0v) is 20.3. The molecular weight excluding hydrogens is 448 g/mol. The van der Waals surface area contributed by atoms with Crippen molar-refractivity contribution in [3.8, 4) is 23.0 Å². The lowest BCUT2D eigenvalue weighted by molar-refractivity contribution is -0.122. The third-order valence-electron chi connectivity index (χ3n) is 5.30. The minimum atomic E-state index is -0.789. The first kappa shape index (κ1) is 25.4. The summed E-state index contributed by atoms with van der Waals surface area (Å²) in [5.74, 6) is 1.75. The van der Waals surface area contributed by atoms with Crippen LogP contribution in [-0.4, -0.2) is 45.8 Å². The molecule has 3 aromatic carbocycles. The maximum atomic E-state index is 12.8. The molecule has 184 valence electrons. The molecule has 2 amide bonds. The van der Waals surface area contributed by atoms with E-state index in [4.69, 9.17) is 18.9 Å². The topological polar surface area (TPSA) is 95.1 Å². The number of amides is 2. The highest BCUT2D eigenvalue weighted by molar-refractivity contribution is 6.04. The molecule has 0 aliphatic heterocycles. The number of nitrogens with one attached hydrogen (secondary N) is 2. The van der Waals surface area contributed by atoms with Crippen LogP contribution in [0.4, 0.5) is 5.69 Å². The average Bonchev–Trinajstić information content (AvgIpc) is 2.88. The quantitative estimate of drug-likeness (QED) is 0.431. The molecule has 0 heterocycles. The van der Waals surface area contributed by atoms with Gasteiger partial charge in [0.15, 0.2) is 17.6 Å². The zero-order valence-electron chi connectivity index (χ0n) is 20.3. The van der Waals surface area contributed by atoms with E-state index in [0.29, 0.717) is 47.2 Å². The molecule has 0 spiro atoms.